The molecule has 0 saturated carbocycles. The SMILES string of the molecule is CCCCNC(=O)C1CCN(c2ccnc(-c3cccc(F)c3)n2)CC1. The van der Waals surface area contributed by atoms with Crippen molar-refractivity contribution in [2.45, 2.75) is 32.6 Å². The lowest BCUT2D eigenvalue weighted by molar-refractivity contribution is -0.125. The monoisotopic (exact) mass is 356 g/mol. The predicted octanol–water partition coefficient (Wildman–Crippen LogP) is 3.42. The Balaban J connectivity index is 1.61. The Kier molecular flexibility index (Phi) is 6.15. The van der Waals surface area contributed by atoms with Crippen molar-refractivity contribution in [1.82, 2.24) is 15.3 Å². The van der Waals surface area contributed by atoms with Crippen molar-refractivity contribution < 1.29 is 9.18 Å². The minimum atomic E-state index is -0.300. The highest BCUT2D eigenvalue weighted by Crippen LogP contribution is 2.24. The summed E-state index contributed by atoms with van der Waals surface area (Å²) in [4.78, 5) is 23.2. The average molecular weight is 356 g/mol. The molecular formula is C20H25FN4O. The molecule has 0 spiro atoms. The van der Waals surface area contributed by atoms with E-state index in [-0.39, 0.29) is 17.6 Å². The van der Waals surface area contributed by atoms with Gasteiger partial charge in [0.15, 0.2) is 5.82 Å². The molecule has 2 aromatic rings. The number of aromatic nitrogens is 2. The van der Waals surface area contributed by atoms with Gasteiger partial charge in [-0.25, -0.2) is 14.4 Å². The van der Waals surface area contributed by atoms with Crippen LogP contribution in [0.15, 0.2) is 36.5 Å². The average Bonchev–Trinajstić information content (AvgIpc) is 2.68. The minimum Gasteiger partial charge on any atom is -0.356 e. The third kappa shape index (κ3) is 4.56. The maximum absolute atomic E-state index is 13.4. The van der Waals surface area contributed by atoms with Crippen LogP contribution < -0.4 is 10.2 Å². The van der Waals surface area contributed by atoms with E-state index in [9.17, 15) is 9.18 Å². The minimum absolute atomic E-state index is 0.0765. The number of halogens is 1. The van der Waals surface area contributed by atoms with Gasteiger partial charge in [0.05, 0.1) is 0 Å². The van der Waals surface area contributed by atoms with Crippen molar-refractivity contribution in [2.75, 3.05) is 24.5 Å². The van der Waals surface area contributed by atoms with Gasteiger partial charge in [-0.1, -0.05) is 25.5 Å². The highest BCUT2D eigenvalue weighted by molar-refractivity contribution is 5.78. The number of piperidine rings is 1. The van der Waals surface area contributed by atoms with E-state index < -0.39 is 0 Å². The second kappa shape index (κ2) is 8.74. The van der Waals surface area contributed by atoms with E-state index in [1.165, 1.54) is 12.1 Å². The zero-order chi connectivity index (χ0) is 18.4. The van der Waals surface area contributed by atoms with E-state index in [2.05, 4.69) is 27.1 Å². The summed E-state index contributed by atoms with van der Waals surface area (Å²) >= 11 is 0. The highest BCUT2D eigenvalue weighted by atomic mass is 19.1. The molecule has 0 bridgehead atoms. The molecule has 1 aromatic carbocycles. The van der Waals surface area contributed by atoms with Gasteiger partial charge in [-0.3, -0.25) is 4.79 Å². The zero-order valence-electron chi connectivity index (χ0n) is 15.1. The van der Waals surface area contributed by atoms with Crippen molar-refractivity contribution in [2.24, 2.45) is 5.92 Å². The summed E-state index contributed by atoms with van der Waals surface area (Å²) in [6, 6.07) is 8.17. The lowest BCUT2D eigenvalue weighted by Crippen LogP contribution is -2.41. The van der Waals surface area contributed by atoms with Crippen molar-refractivity contribution in [3.8, 4) is 11.4 Å². The molecule has 1 amide bonds. The molecule has 2 heterocycles. The molecule has 3 rings (SSSR count). The molecule has 1 aliphatic rings. The largest absolute Gasteiger partial charge is 0.356 e. The van der Waals surface area contributed by atoms with Crippen LogP contribution in [0.3, 0.4) is 0 Å². The van der Waals surface area contributed by atoms with Crippen LogP contribution in [0.2, 0.25) is 0 Å². The van der Waals surface area contributed by atoms with Gasteiger partial charge < -0.3 is 10.2 Å². The van der Waals surface area contributed by atoms with E-state index >= 15 is 0 Å². The molecule has 0 unspecified atom stereocenters. The molecule has 0 aliphatic carbocycles. The van der Waals surface area contributed by atoms with Crippen molar-refractivity contribution in [3.63, 3.8) is 0 Å². The van der Waals surface area contributed by atoms with Gasteiger partial charge in [0.1, 0.15) is 11.6 Å². The number of nitrogens with zero attached hydrogens (tertiary/aromatic N) is 3. The zero-order valence-corrected chi connectivity index (χ0v) is 15.1. The molecule has 0 atom stereocenters. The normalized spacial score (nSPS) is 15.1. The summed E-state index contributed by atoms with van der Waals surface area (Å²) in [7, 11) is 0. The number of unbranched alkanes of at least 4 members (excludes halogenated alkanes) is 1. The summed E-state index contributed by atoms with van der Waals surface area (Å²) in [6.45, 7) is 4.44. The Bertz CT molecular complexity index is 744. The van der Waals surface area contributed by atoms with Gasteiger partial charge in [0.2, 0.25) is 5.91 Å². The fourth-order valence-corrected chi connectivity index (χ4v) is 3.20. The second-order valence-corrected chi connectivity index (χ2v) is 6.65. The van der Waals surface area contributed by atoms with Gasteiger partial charge in [-0.15, -0.1) is 0 Å². The standard InChI is InChI=1S/C20H25FN4O/c1-2-3-10-23-20(26)15-8-12-25(13-9-15)18-7-11-22-19(24-18)16-5-4-6-17(21)14-16/h4-7,11,14-15H,2-3,8-10,12-13H2,1H3,(H,23,26). The van der Waals surface area contributed by atoms with E-state index in [1.807, 2.05) is 6.07 Å². The van der Waals surface area contributed by atoms with Crippen LogP contribution in [0.25, 0.3) is 11.4 Å². The number of hydrogen-bond donors (Lipinski definition) is 1. The quantitative estimate of drug-likeness (QED) is 0.806. The molecule has 26 heavy (non-hydrogen) atoms. The molecule has 1 aliphatic heterocycles. The fraction of sp³-hybridized carbons (Fsp3) is 0.450. The topological polar surface area (TPSA) is 58.1 Å². The van der Waals surface area contributed by atoms with Crippen molar-refractivity contribution in [3.05, 3.63) is 42.3 Å². The number of hydrogen-bond acceptors (Lipinski definition) is 4. The van der Waals surface area contributed by atoms with Crippen LogP contribution in [-0.2, 0) is 4.79 Å². The third-order valence-electron chi connectivity index (χ3n) is 4.74. The maximum atomic E-state index is 13.4. The lowest BCUT2D eigenvalue weighted by atomic mass is 9.96. The first kappa shape index (κ1) is 18.3. The number of rotatable bonds is 6. The molecular weight excluding hydrogens is 331 g/mol. The van der Waals surface area contributed by atoms with Crippen LogP contribution in [0.5, 0.6) is 0 Å². The smallest absolute Gasteiger partial charge is 0.223 e. The van der Waals surface area contributed by atoms with E-state index in [0.29, 0.717) is 11.4 Å². The maximum Gasteiger partial charge on any atom is 0.223 e. The van der Waals surface area contributed by atoms with Gasteiger partial charge in [0, 0.05) is 37.3 Å². The number of nitrogens with one attached hydrogen (secondary N) is 1. The van der Waals surface area contributed by atoms with Crippen LogP contribution in [0.4, 0.5) is 10.2 Å². The van der Waals surface area contributed by atoms with Gasteiger partial charge in [-0.2, -0.15) is 0 Å². The van der Waals surface area contributed by atoms with Crippen LogP contribution in [0.1, 0.15) is 32.6 Å². The lowest BCUT2D eigenvalue weighted by Gasteiger charge is -2.32. The number of anilines is 1. The third-order valence-corrected chi connectivity index (χ3v) is 4.74. The number of carbonyl (C=O) groups is 1. The molecule has 1 fully saturated rings. The number of carbonyl (C=O) groups excluding carboxylic acids is 1. The Hall–Kier alpha value is -2.50. The Morgan fingerprint density at radius 2 is 2.12 bits per heavy atom. The first-order valence-electron chi connectivity index (χ1n) is 9.29. The molecule has 138 valence electrons. The van der Waals surface area contributed by atoms with Crippen molar-refractivity contribution >= 4 is 11.7 Å². The molecule has 1 saturated heterocycles. The summed E-state index contributed by atoms with van der Waals surface area (Å²) < 4.78 is 13.4. The fourth-order valence-electron chi connectivity index (χ4n) is 3.20. The number of benzene rings is 1. The van der Waals surface area contributed by atoms with Gasteiger partial charge in [-0.05, 0) is 37.5 Å². The van der Waals surface area contributed by atoms with Crippen LogP contribution >= 0.6 is 0 Å². The van der Waals surface area contributed by atoms with E-state index in [4.69, 9.17) is 0 Å². The Labute approximate surface area is 153 Å². The Morgan fingerprint density at radius 1 is 1.31 bits per heavy atom. The first-order chi connectivity index (χ1) is 12.7. The second-order valence-electron chi connectivity index (χ2n) is 6.65. The molecule has 5 nitrogen and oxygen atoms in total. The molecule has 1 aromatic heterocycles. The highest BCUT2D eigenvalue weighted by Gasteiger charge is 2.25. The Morgan fingerprint density at radius 3 is 2.85 bits per heavy atom. The van der Waals surface area contributed by atoms with Crippen LogP contribution in [-0.4, -0.2) is 35.5 Å². The first-order valence-corrected chi connectivity index (χ1v) is 9.29. The van der Waals surface area contributed by atoms with E-state index in [1.54, 1.807) is 18.3 Å². The van der Waals surface area contributed by atoms with Gasteiger partial charge >= 0.3 is 0 Å². The van der Waals surface area contributed by atoms with Crippen molar-refractivity contribution in [1.29, 1.82) is 0 Å². The number of amides is 1. The molecule has 1 N–H and O–H groups in total. The summed E-state index contributed by atoms with van der Waals surface area (Å²) in [5, 5.41) is 3.03. The summed E-state index contributed by atoms with van der Waals surface area (Å²) in [5.74, 6) is 1.28. The molecule has 6 heteroatoms. The molecule has 0 radical (unpaired) electrons. The summed E-state index contributed by atoms with van der Waals surface area (Å²) in [5.41, 5.74) is 0.664. The van der Waals surface area contributed by atoms with Crippen LogP contribution in [0, 0.1) is 11.7 Å². The summed E-state index contributed by atoms with van der Waals surface area (Å²) in [6.07, 6.45) is 5.44. The van der Waals surface area contributed by atoms with Gasteiger partial charge in [0.25, 0.3) is 0 Å². The van der Waals surface area contributed by atoms with E-state index in [0.717, 1.165) is 51.1 Å². The predicted molar refractivity (Wildman–Crippen MR) is 100 cm³/mol.